The number of ether oxygens (including phenoxy) is 1. The lowest BCUT2D eigenvalue weighted by Crippen LogP contribution is -2.40. The van der Waals surface area contributed by atoms with Crippen molar-refractivity contribution < 1.29 is 14.6 Å². The van der Waals surface area contributed by atoms with E-state index in [2.05, 4.69) is 29.2 Å². The van der Waals surface area contributed by atoms with Gasteiger partial charge in [0.25, 0.3) is 0 Å². The SMILES string of the molecule is O=C(O)[C@H]1CCCN(CCOC(c2ccccc2)c2ccccc2)C1. The van der Waals surface area contributed by atoms with E-state index in [4.69, 9.17) is 4.74 Å². The summed E-state index contributed by atoms with van der Waals surface area (Å²) in [7, 11) is 0. The monoisotopic (exact) mass is 339 g/mol. The van der Waals surface area contributed by atoms with Crippen LogP contribution in [0, 0.1) is 5.92 Å². The lowest BCUT2D eigenvalue weighted by molar-refractivity contribution is -0.143. The Morgan fingerprint density at radius 2 is 1.68 bits per heavy atom. The fourth-order valence-electron chi connectivity index (χ4n) is 3.40. The lowest BCUT2D eigenvalue weighted by atomic mass is 9.98. The van der Waals surface area contributed by atoms with Crippen LogP contribution in [0.4, 0.5) is 0 Å². The second kappa shape index (κ2) is 8.79. The molecule has 4 heteroatoms. The fraction of sp³-hybridized carbons (Fsp3) is 0.381. The minimum absolute atomic E-state index is 0.0949. The van der Waals surface area contributed by atoms with E-state index in [-0.39, 0.29) is 12.0 Å². The maximum Gasteiger partial charge on any atom is 0.307 e. The van der Waals surface area contributed by atoms with Gasteiger partial charge in [0, 0.05) is 13.1 Å². The predicted molar refractivity (Wildman–Crippen MR) is 97.5 cm³/mol. The molecule has 4 nitrogen and oxygen atoms in total. The van der Waals surface area contributed by atoms with E-state index >= 15 is 0 Å². The number of piperidine rings is 1. The number of rotatable bonds is 7. The van der Waals surface area contributed by atoms with Crippen LogP contribution in [0.3, 0.4) is 0 Å². The van der Waals surface area contributed by atoms with Crippen LogP contribution < -0.4 is 0 Å². The smallest absolute Gasteiger partial charge is 0.307 e. The molecule has 1 fully saturated rings. The number of hydrogen-bond donors (Lipinski definition) is 1. The molecule has 0 aromatic heterocycles. The third-order valence-electron chi connectivity index (χ3n) is 4.75. The summed E-state index contributed by atoms with van der Waals surface area (Å²) >= 11 is 0. The first-order valence-electron chi connectivity index (χ1n) is 8.90. The Kier molecular flexibility index (Phi) is 6.20. The zero-order valence-electron chi connectivity index (χ0n) is 14.4. The van der Waals surface area contributed by atoms with Crippen molar-refractivity contribution in [2.45, 2.75) is 18.9 Å². The van der Waals surface area contributed by atoms with Crippen LogP contribution in [0.15, 0.2) is 60.7 Å². The summed E-state index contributed by atoms with van der Waals surface area (Å²) in [6.07, 6.45) is 1.63. The van der Waals surface area contributed by atoms with Gasteiger partial charge in [-0.05, 0) is 30.5 Å². The third-order valence-corrected chi connectivity index (χ3v) is 4.75. The second-order valence-electron chi connectivity index (χ2n) is 6.55. The van der Waals surface area contributed by atoms with Gasteiger partial charge in [0.05, 0.1) is 12.5 Å². The van der Waals surface area contributed by atoms with E-state index in [1.54, 1.807) is 0 Å². The van der Waals surface area contributed by atoms with Crippen LogP contribution in [0.2, 0.25) is 0 Å². The molecule has 2 aromatic rings. The van der Waals surface area contributed by atoms with Crippen molar-refractivity contribution >= 4 is 5.97 Å². The Bertz CT molecular complexity index is 620. The molecule has 1 N–H and O–H groups in total. The Morgan fingerprint density at radius 3 is 2.24 bits per heavy atom. The highest BCUT2D eigenvalue weighted by molar-refractivity contribution is 5.70. The highest BCUT2D eigenvalue weighted by Gasteiger charge is 2.25. The first-order valence-corrected chi connectivity index (χ1v) is 8.90. The molecule has 1 aliphatic rings. The zero-order valence-corrected chi connectivity index (χ0v) is 14.4. The Hall–Kier alpha value is -2.17. The van der Waals surface area contributed by atoms with Crippen LogP contribution >= 0.6 is 0 Å². The molecule has 1 aliphatic heterocycles. The Labute approximate surface area is 149 Å². The van der Waals surface area contributed by atoms with Gasteiger partial charge in [-0.25, -0.2) is 0 Å². The van der Waals surface area contributed by atoms with E-state index in [1.807, 2.05) is 36.4 Å². The number of carboxylic acid groups (broad SMARTS) is 1. The molecule has 0 saturated carbocycles. The van der Waals surface area contributed by atoms with Gasteiger partial charge in [-0.1, -0.05) is 60.7 Å². The number of carboxylic acids is 1. The third kappa shape index (κ3) is 4.91. The molecule has 0 bridgehead atoms. The van der Waals surface area contributed by atoms with Crippen LogP contribution in [0.25, 0.3) is 0 Å². The maximum atomic E-state index is 11.2. The molecule has 0 amide bonds. The molecule has 0 radical (unpaired) electrons. The van der Waals surface area contributed by atoms with E-state index in [9.17, 15) is 9.90 Å². The summed E-state index contributed by atoms with van der Waals surface area (Å²) in [5.41, 5.74) is 2.27. The number of benzene rings is 2. The number of hydrogen-bond acceptors (Lipinski definition) is 3. The molecule has 25 heavy (non-hydrogen) atoms. The van der Waals surface area contributed by atoms with Crippen molar-refractivity contribution in [3.63, 3.8) is 0 Å². The van der Waals surface area contributed by atoms with Gasteiger partial charge in [-0.3, -0.25) is 4.79 Å². The van der Waals surface area contributed by atoms with Crippen molar-refractivity contribution in [3.8, 4) is 0 Å². The van der Waals surface area contributed by atoms with E-state index < -0.39 is 5.97 Å². The number of likely N-dealkylation sites (tertiary alicyclic amines) is 1. The molecule has 2 aromatic carbocycles. The summed E-state index contributed by atoms with van der Waals surface area (Å²) < 4.78 is 6.22. The molecule has 1 heterocycles. The zero-order chi connectivity index (χ0) is 17.5. The normalized spacial score (nSPS) is 18.4. The minimum Gasteiger partial charge on any atom is -0.481 e. The van der Waals surface area contributed by atoms with Gasteiger partial charge in [0.15, 0.2) is 0 Å². The summed E-state index contributed by atoms with van der Waals surface area (Å²) in [6, 6.07) is 20.4. The molecule has 1 atom stereocenters. The van der Waals surface area contributed by atoms with Gasteiger partial charge >= 0.3 is 5.97 Å². The molecule has 0 unspecified atom stereocenters. The van der Waals surface area contributed by atoms with Gasteiger partial charge in [-0.15, -0.1) is 0 Å². The molecule has 0 spiro atoms. The minimum atomic E-state index is -0.683. The number of nitrogens with zero attached hydrogens (tertiary/aromatic N) is 1. The largest absolute Gasteiger partial charge is 0.481 e. The average Bonchev–Trinajstić information content (AvgIpc) is 2.67. The standard InChI is InChI=1S/C21H25NO3/c23-21(24)19-12-7-13-22(16-19)14-15-25-20(17-8-3-1-4-9-17)18-10-5-2-6-11-18/h1-6,8-11,19-20H,7,12-16H2,(H,23,24)/t19-/m0/s1. The number of aliphatic carboxylic acids is 1. The average molecular weight is 339 g/mol. The van der Waals surface area contributed by atoms with E-state index in [0.29, 0.717) is 13.2 Å². The quantitative estimate of drug-likeness (QED) is 0.837. The van der Waals surface area contributed by atoms with Crippen molar-refractivity contribution in [2.24, 2.45) is 5.92 Å². The van der Waals surface area contributed by atoms with Crippen LogP contribution in [0.5, 0.6) is 0 Å². The summed E-state index contributed by atoms with van der Waals surface area (Å²) in [5, 5.41) is 9.21. The molecule has 1 saturated heterocycles. The van der Waals surface area contributed by atoms with Crippen LogP contribution in [0.1, 0.15) is 30.1 Å². The van der Waals surface area contributed by atoms with Gasteiger partial charge in [0.2, 0.25) is 0 Å². The summed E-state index contributed by atoms with van der Waals surface area (Å²) in [5.74, 6) is -0.926. The van der Waals surface area contributed by atoms with Crippen molar-refractivity contribution in [2.75, 3.05) is 26.2 Å². The Balaban J connectivity index is 1.61. The first kappa shape index (κ1) is 17.6. The second-order valence-corrected chi connectivity index (χ2v) is 6.55. The summed E-state index contributed by atoms with van der Waals surface area (Å²) in [6.45, 7) is 2.93. The molecular formula is C21H25NO3. The van der Waals surface area contributed by atoms with Gasteiger partial charge < -0.3 is 14.7 Å². The van der Waals surface area contributed by atoms with Crippen LogP contribution in [-0.2, 0) is 9.53 Å². The highest BCUT2D eigenvalue weighted by atomic mass is 16.5. The van der Waals surface area contributed by atoms with Crippen molar-refractivity contribution in [1.82, 2.24) is 4.90 Å². The molecule has 0 aliphatic carbocycles. The van der Waals surface area contributed by atoms with Crippen molar-refractivity contribution in [3.05, 3.63) is 71.8 Å². The lowest BCUT2D eigenvalue weighted by Gasteiger charge is -2.31. The number of carbonyl (C=O) groups is 1. The fourth-order valence-corrected chi connectivity index (χ4v) is 3.40. The Morgan fingerprint density at radius 1 is 1.08 bits per heavy atom. The predicted octanol–water partition coefficient (Wildman–Crippen LogP) is 3.59. The van der Waals surface area contributed by atoms with Gasteiger partial charge in [-0.2, -0.15) is 0 Å². The topological polar surface area (TPSA) is 49.8 Å². The molecule has 3 rings (SSSR count). The van der Waals surface area contributed by atoms with Gasteiger partial charge in [0.1, 0.15) is 6.10 Å². The molecular weight excluding hydrogens is 314 g/mol. The van der Waals surface area contributed by atoms with E-state index in [1.165, 1.54) is 0 Å². The van der Waals surface area contributed by atoms with Crippen molar-refractivity contribution in [1.29, 1.82) is 0 Å². The maximum absolute atomic E-state index is 11.2. The first-order chi connectivity index (χ1) is 12.2. The highest BCUT2D eigenvalue weighted by Crippen LogP contribution is 2.26. The summed E-state index contributed by atoms with van der Waals surface area (Å²) in [4.78, 5) is 13.4. The van der Waals surface area contributed by atoms with E-state index in [0.717, 1.165) is 37.1 Å². The molecule has 132 valence electrons. The van der Waals surface area contributed by atoms with Crippen LogP contribution in [-0.4, -0.2) is 42.2 Å².